The Bertz CT molecular complexity index is 724. The molecule has 0 spiro atoms. The van der Waals surface area contributed by atoms with Crippen molar-refractivity contribution < 1.29 is 18.7 Å². The van der Waals surface area contributed by atoms with Gasteiger partial charge in [-0.25, -0.2) is 14.6 Å². The fraction of sp³-hybridized carbons (Fsp3) is 0.353. The molecule has 2 amide bonds. The number of aromatic nitrogens is 1. The number of nitrogens with zero attached hydrogens (tertiary/aromatic N) is 2. The number of hydrogen-bond donors (Lipinski definition) is 1. The summed E-state index contributed by atoms with van der Waals surface area (Å²) in [6, 6.07) is 7.19. The Kier molecular flexibility index (Phi) is 5.57. The first-order valence-electron chi connectivity index (χ1n) is 7.57. The summed E-state index contributed by atoms with van der Waals surface area (Å²) in [7, 11) is 1.27. The molecule has 0 fully saturated rings. The molecule has 0 aliphatic rings. The molecular weight excluding hydrogens is 310 g/mol. The van der Waals surface area contributed by atoms with Gasteiger partial charge in [0.2, 0.25) is 5.89 Å². The fourth-order valence-electron chi connectivity index (χ4n) is 2.13. The molecule has 128 valence electrons. The topological polar surface area (TPSA) is 84.7 Å². The molecule has 2 rings (SSSR count). The third-order valence-corrected chi connectivity index (χ3v) is 3.41. The number of carbonyl (C=O) groups excluding carboxylic acids is 2. The van der Waals surface area contributed by atoms with Gasteiger partial charge in [-0.15, -0.1) is 0 Å². The second-order valence-electron chi connectivity index (χ2n) is 5.64. The fourth-order valence-corrected chi connectivity index (χ4v) is 2.13. The van der Waals surface area contributed by atoms with Gasteiger partial charge in [-0.05, 0) is 38.5 Å². The number of benzene rings is 1. The summed E-state index contributed by atoms with van der Waals surface area (Å²) >= 11 is 0. The van der Waals surface area contributed by atoms with E-state index in [1.165, 1.54) is 13.4 Å². The minimum Gasteiger partial charge on any atom is -0.464 e. The van der Waals surface area contributed by atoms with Gasteiger partial charge in [0.15, 0.2) is 5.69 Å². The molecule has 0 unspecified atom stereocenters. The van der Waals surface area contributed by atoms with Gasteiger partial charge in [0.25, 0.3) is 0 Å². The normalized spacial score (nSPS) is 10.5. The second kappa shape index (κ2) is 7.63. The summed E-state index contributed by atoms with van der Waals surface area (Å²) in [5, 5.41) is 2.85. The second-order valence-corrected chi connectivity index (χ2v) is 5.64. The maximum absolute atomic E-state index is 12.5. The Balaban J connectivity index is 2.09. The molecule has 1 heterocycles. The highest BCUT2D eigenvalue weighted by atomic mass is 16.5. The van der Waals surface area contributed by atoms with Crippen molar-refractivity contribution >= 4 is 17.7 Å². The zero-order valence-corrected chi connectivity index (χ0v) is 14.2. The summed E-state index contributed by atoms with van der Waals surface area (Å²) in [5.41, 5.74) is 1.85. The van der Waals surface area contributed by atoms with Crippen LogP contribution in [0, 0.1) is 6.92 Å². The van der Waals surface area contributed by atoms with E-state index < -0.39 is 5.97 Å². The molecule has 2 aromatic rings. The number of carbonyl (C=O) groups is 2. The van der Waals surface area contributed by atoms with Crippen LogP contribution in [-0.4, -0.2) is 35.0 Å². The van der Waals surface area contributed by atoms with Crippen LogP contribution in [0.5, 0.6) is 0 Å². The Morgan fingerprint density at radius 3 is 2.75 bits per heavy atom. The quantitative estimate of drug-likeness (QED) is 0.850. The monoisotopic (exact) mass is 331 g/mol. The minimum absolute atomic E-state index is 0.0790. The van der Waals surface area contributed by atoms with Gasteiger partial charge >= 0.3 is 12.0 Å². The lowest BCUT2D eigenvalue weighted by Gasteiger charge is -2.25. The lowest BCUT2D eigenvalue weighted by Crippen LogP contribution is -2.39. The molecule has 7 nitrogen and oxygen atoms in total. The van der Waals surface area contributed by atoms with Gasteiger partial charge in [0, 0.05) is 11.7 Å². The van der Waals surface area contributed by atoms with E-state index in [0.717, 1.165) is 5.56 Å². The largest absolute Gasteiger partial charge is 0.464 e. The number of oxazole rings is 1. The van der Waals surface area contributed by atoms with Gasteiger partial charge in [0.05, 0.1) is 13.7 Å². The molecule has 0 aliphatic carbocycles. The van der Waals surface area contributed by atoms with E-state index in [1.807, 2.05) is 45.0 Å². The van der Waals surface area contributed by atoms with Crippen LogP contribution in [0.2, 0.25) is 0 Å². The van der Waals surface area contributed by atoms with Crippen LogP contribution in [0.1, 0.15) is 35.8 Å². The number of methoxy groups -OCH3 is 1. The average Bonchev–Trinajstić information content (AvgIpc) is 3.00. The van der Waals surface area contributed by atoms with E-state index >= 15 is 0 Å². The van der Waals surface area contributed by atoms with Crippen molar-refractivity contribution in [2.45, 2.75) is 33.4 Å². The first-order valence-corrected chi connectivity index (χ1v) is 7.57. The molecule has 0 saturated carbocycles. The van der Waals surface area contributed by atoms with Gasteiger partial charge in [-0.2, -0.15) is 0 Å². The smallest absolute Gasteiger partial charge is 0.360 e. The standard InChI is InChI=1S/C17H21N3O4/c1-11(2)20(9-15-19-14(10-24-15)16(21)23-4)17(22)18-13-7-5-6-12(3)8-13/h5-8,10-11H,9H2,1-4H3,(H,18,22). The van der Waals surface area contributed by atoms with E-state index in [-0.39, 0.29) is 30.2 Å². The van der Waals surface area contributed by atoms with Crippen LogP contribution in [0.3, 0.4) is 0 Å². The van der Waals surface area contributed by atoms with Gasteiger partial charge < -0.3 is 19.4 Å². The molecule has 0 aliphatic heterocycles. The molecular formula is C17H21N3O4. The Morgan fingerprint density at radius 1 is 1.38 bits per heavy atom. The third-order valence-electron chi connectivity index (χ3n) is 3.41. The maximum Gasteiger partial charge on any atom is 0.360 e. The van der Waals surface area contributed by atoms with E-state index in [4.69, 9.17) is 4.42 Å². The van der Waals surface area contributed by atoms with Crippen molar-refractivity contribution in [3.63, 3.8) is 0 Å². The number of anilines is 1. The Hall–Kier alpha value is -2.83. The number of ether oxygens (including phenoxy) is 1. The van der Waals surface area contributed by atoms with Crippen LogP contribution in [-0.2, 0) is 11.3 Å². The van der Waals surface area contributed by atoms with Crippen LogP contribution in [0.4, 0.5) is 10.5 Å². The van der Waals surface area contributed by atoms with Gasteiger partial charge in [0.1, 0.15) is 6.26 Å². The SMILES string of the molecule is COC(=O)c1coc(CN(C(=O)Nc2cccc(C)c2)C(C)C)n1. The maximum atomic E-state index is 12.5. The first-order chi connectivity index (χ1) is 11.4. The van der Waals surface area contributed by atoms with Crippen LogP contribution in [0.25, 0.3) is 0 Å². The van der Waals surface area contributed by atoms with E-state index in [9.17, 15) is 9.59 Å². The predicted molar refractivity (Wildman–Crippen MR) is 88.7 cm³/mol. The zero-order valence-electron chi connectivity index (χ0n) is 14.2. The molecule has 24 heavy (non-hydrogen) atoms. The van der Waals surface area contributed by atoms with Gasteiger partial charge in [-0.1, -0.05) is 12.1 Å². The molecule has 1 aromatic heterocycles. The number of aryl methyl sites for hydroxylation is 1. The highest BCUT2D eigenvalue weighted by molar-refractivity contribution is 5.89. The van der Waals surface area contributed by atoms with Crippen LogP contribution < -0.4 is 5.32 Å². The lowest BCUT2D eigenvalue weighted by molar-refractivity contribution is 0.0594. The third kappa shape index (κ3) is 4.34. The average molecular weight is 331 g/mol. The number of esters is 1. The van der Waals surface area contributed by atoms with E-state index in [2.05, 4.69) is 15.0 Å². The van der Waals surface area contributed by atoms with Crippen molar-refractivity contribution in [1.82, 2.24) is 9.88 Å². The molecule has 0 saturated heterocycles. The number of hydrogen-bond acceptors (Lipinski definition) is 5. The molecule has 7 heteroatoms. The summed E-state index contributed by atoms with van der Waals surface area (Å²) in [6.45, 7) is 5.88. The zero-order chi connectivity index (χ0) is 17.7. The van der Waals surface area contributed by atoms with Crippen molar-refractivity contribution in [3.05, 3.63) is 47.7 Å². The van der Waals surface area contributed by atoms with Crippen LogP contribution >= 0.6 is 0 Å². The number of nitrogens with one attached hydrogen (secondary N) is 1. The first kappa shape index (κ1) is 17.5. The van der Waals surface area contributed by atoms with E-state index in [0.29, 0.717) is 5.69 Å². The number of amides is 2. The minimum atomic E-state index is -0.578. The summed E-state index contributed by atoms with van der Waals surface area (Å²) in [5.74, 6) is -0.311. The van der Waals surface area contributed by atoms with Crippen molar-refractivity contribution in [2.75, 3.05) is 12.4 Å². The summed E-state index contributed by atoms with van der Waals surface area (Å²) in [6.07, 6.45) is 1.22. The number of rotatable bonds is 5. The molecule has 0 bridgehead atoms. The predicted octanol–water partition coefficient (Wildman–Crippen LogP) is 3.21. The highest BCUT2D eigenvalue weighted by Gasteiger charge is 2.21. The highest BCUT2D eigenvalue weighted by Crippen LogP contribution is 2.14. The Morgan fingerprint density at radius 2 is 2.12 bits per heavy atom. The molecule has 0 atom stereocenters. The Labute approximate surface area is 140 Å². The molecule has 1 aromatic carbocycles. The summed E-state index contributed by atoms with van der Waals surface area (Å²) < 4.78 is 9.84. The number of urea groups is 1. The lowest BCUT2D eigenvalue weighted by atomic mass is 10.2. The van der Waals surface area contributed by atoms with Crippen molar-refractivity contribution in [1.29, 1.82) is 0 Å². The van der Waals surface area contributed by atoms with Crippen LogP contribution in [0.15, 0.2) is 34.9 Å². The summed E-state index contributed by atoms with van der Waals surface area (Å²) in [4.78, 5) is 29.5. The molecule has 1 N–H and O–H groups in total. The van der Waals surface area contributed by atoms with Crippen molar-refractivity contribution in [2.24, 2.45) is 0 Å². The molecule has 0 radical (unpaired) electrons. The van der Waals surface area contributed by atoms with Gasteiger partial charge in [-0.3, -0.25) is 0 Å². The van der Waals surface area contributed by atoms with Crippen molar-refractivity contribution in [3.8, 4) is 0 Å². The van der Waals surface area contributed by atoms with E-state index in [1.54, 1.807) is 4.90 Å².